The Bertz CT molecular complexity index is 573. The van der Waals surface area contributed by atoms with Crippen molar-refractivity contribution in [3.8, 4) is 0 Å². The summed E-state index contributed by atoms with van der Waals surface area (Å²) < 4.78 is 39.2. The van der Waals surface area contributed by atoms with Crippen LogP contribution in [0.25, 0.3) is 0 Å². The Labute approximate surface area is 127 Å². The molecule has 1 aromatic rings. The summed E-state index contributed by atoms with van der Waals surface area (Å²) in [5, 5.41) is 5.17. The van der Waals surface area contributed by atoms with Gasteiger partial charge in [-0.15, -0.1) is 0 Å². The van der Waals surface area contributed by atoms with Crippen molar-refractivity contribution in [2.45, 2.75) is 32.1 Å². The van der Waals surface area contributed by atoms with E-state index in [4.69, 9.17) is 0 Å². The predicted molar refractivity (Wildman–Crippen MR) is 79.0 cm³/mol. The quantitative estimate of drug-likeness (QED) is 0.623. The number of hydrogen-bond acceptors (Lipinski definition) is 2. The van der Waals surface area contributed by atoms with Crippen LogP contribution in [0.3, 0.4) is 0 Å². The van der Waals surface area contributed by atoms with Gasteiger partial charge in [0, 0.05) is 6.54 Å². The first-order valence-corrected chi connectivity index (χ1v) is 7.40. The normalized spacial score (nSPS) is 14.4. The molecule has 0 fully saturated rings. The SMILES string of the molecule is O=C(CNc1ccc(F)c(F)c1F)NCCC1=CCCCC1. The van der Waals surface area contributed by atoms with Crippen molar-refractivity contribution in [2.75, 3.05) is 18.4 Å². The zero-order valence-corrected chi connectivity index (χ0v) is 12.2. The van der Waals surface area contributed by atoms with Crippen LogP contribution in [0.1, 0.15) is 32.1 Å². The largest absolute Gasteiger partial charge is 0.374 e. The molecule has 3 nitrogen and oxygen atoms in total. The second-order valence-corrected chi connectivity index (χ2v) is 5.28. The Balaban J connectivity index is 1.73. The molecule has 0 bridgehead atoms. The molecule has 2 rings (SSSR count). The molecule has 0 aliphatic heterocycles. The molecule has 0 unspecified atom stereocenters. The summed E-state index contributed by atoms with van der Waals surface area (Å²) in [4.78, 5) is 11.6. The fourth-order valence-electron chi connectivity index (χ4n) is 2.39. The van der Waals surface area contributed by atoms with E-state index in [9.17, 15) is 18.0 Å². The minimum atomic E-state index is -1.55. The van der Waals surface area contributed by atoms with Crippen LogP contribution in [0.2, 0.25) is 0 Å². The second kappa shape index (κ2) is 7.87. The van der Waals surface area contributed by atoms with Gasteiger partial charge >= 0.3 is 0 Å². The number of halogens is 3. The number of benzene rings is 1. The zero-order chi connectivity index (χ0) is 15.9. The number of nitrogens with one attached hydrogen (secondary N) is 2. The van der Waals surface area contributed by atoms with Gasteiger partial charge in [0.1, 0.15) is 0 Å². The Hall–Kier alpha value is -1.98. The third-order valence-electron chi connectivity index (χ3n) is 3.63. The fourth-order valence-corrected chi connectivity index (χ4v) is 2.39. The lowest BCUT2D eigenvalue weighted by Gasteiger charge is -2.13. The van der Waals surface area contributed by atoms with Gasteiger partial charge in [-0.05, 0) is 44.2 Å². The van der Waals surface area contributed by atoms with Crippen LogP contribution in [0.5, 0.6) is 0 Å². The highest BCUT2D eigenvalue weighted by atomic mass is 19.2. The lowest BCUT2D eigenvalue weighted by molar-refractivity contribution is -0.119. The minimum Gasteiger partial charge on any atom is -0.374 e. The number of hydrogen-bond donors (Lipinski definition) is 2. The highest BCUT2D eigenvalue weighted by Crippen LogP contribution is 2.20. The van der Waals surface area contributed by atoms with Crippen LogP contribution < -0.4 is 10.6 Å². The summed E-state index contributed by atoms with van der Waals surface area (Å²) >= 11 is 0. The Morgan fingerprint density at radius 2 is 1.95 bits per heavy atom. The monoisotopic (exact) mass is 312 g/mol. The maximum absolute atomic E-state index is 13.4. The van der Waals surface area contributed by atoms with Gasteiger partial charge in [-0.25, -0.2) is 13.2 Å². The number of carbonyl (C=O) groups is 1. The molecule has 22 heavy (non-hydrogen) atoms. The highest BCUT2D eigenvalue weighted by Gasteiger charge is 2.13. The first-order chi connectivity index (χ1) is 10.6. The van der Waals surface area contributed by atoms with E-state index >= 15 is 0 Å². The molecule has 120 valence electrons. The lowest BCUT2D eigenvalue weighted by Crippen LogP contribution is -2.31. The molecule has 1 aliphatic rings. The van der Waals surface area contributed by atoms with Gasteiger partial charge in [0.25, 0.3) is 0 Å². The summed E-state index contributed by atoms with van der Waals surface area (Å²) in [5.74, 6) is -4.44. The van der Waals surface area contributed by atoms with Gasteiger partial charge in [0.15, 0.2) is 17.5 Å². The van der Waals surface area contributed by atoms with E-state index in [2.05, 4.69) is 16.7 Å². The van der Waals surface area contributed by atoms with E-state index in [1.807, 2.05) is 0 Å². The van der Waals surface area contributed by atoms with Gasteiger partial charge in [0.05, 0.1) is 12.2 Å². The Kier molecular flexibility index (Phi) is 5.86. The van der Waals surface area contributed by atoms with Crippen LogP contribution in [-0.2, 0) is 4.79 Å². The molecule has 0 heterocycles. The van der Waals surface area contributed by atoms with Crippen LogP contribution >= 0.6 is 0 Å². The maximum Gasteiger partial charge on any atom is 0.239 e. The van der Waals surface area contributed by atoms with Gasteiger partial charge < -0.3 is 10.6 Å². The number of allylic oxidation sites excluding steroid dienone is 1. The van der Waals surface area contributed by atoms with Gasteiger partial charge in [-0.1, -0.05) is 11.6 Å². The molecule has 1 aliphatic carbocycles. The standard InChI is InChI=1S/C16H19F3N2O/c17-12-6-7-13(16(19)15(12)18)21-10-14(22)20-9-8-11-4-2-1-3-5-11/h4,6-7,21H,1-3,5,8-10H2,(H,20,22). The molecule has 6 heteroatoms. The molecule has 0 aromatic heterocycles. The lowest BCUT2D eigenvalue weighted by atomic mass is 9.97. The number of amides is 1. The molecular weight excluding hydrogens is 293 g/mol. The van der Waals surface area contributed by atoms with Crippen molar-refractivity contribution >= 4 is 11.6 Å². The van der Waals surface area contributed by atoms with E-state index in [0.29, 0.717) is 6.54 Å². The number of carbonyl (C=O) groups excluding carboxylic acids is 1. The maximum atomic E-state index is 13.4. The van der Waals surface area contributed by atoms with E-state index in [-0.39, 0.29) is 18.1 Å². The minimum absolute atomic E-state index is 0.193. The van der Waals surface area contributed by atoms with Crippen molar-refractivity contribution in [1.82, 2.24) is 5.32 Å². The van der Waals surface area contributed by atoms with Crippen LogP contribution in [-0.4, -0.2) is 19.0 Å². The Morgan fingerprint density at radius 3 is 2.68 bits per heavy atom. The smallest absolute Gasteiger partial charge is 0.239 e. The van der Waals surface area contributed by atoms with Crippen LogP contribution in [0.4, 0.5) is 18.9 Å². The third-order valence-corrected chi connectivity index (χ3v) is 3.63. The van der Waals surface area contributed by atoms with Crippen LogP contribution in [0, 0.1) is 17.5 Å². The number of rotatable bonds is 6. The Morgan fingerprint density at radius 1 is 1.14 bits per heavy atom. The average molecular weight is 312 g/mol. The molecule has 0 atom stereocenters. The van der Waals surface area contributed by atoms with Crippen molar-refractivity contribution in [1.29, 1.82) is 0 Å². The zero-order valence-electron chi connectivity index (χ0n) is 12.2. The second-order valence-electron chi connectivity index (χ2n) is 5.28. The van der Waals surface area contributed by atoms with Crippen molar-refractivity contribution in [2.24, 2.45) is 0 Å². The van der Waals surface area contributed by atoms with E-state index in [0.717, 1.165) is 31.4 Å². The summed E-state index contributed by atoms with van der Waals surface area (Å²) in [6.45, 7) is 0.327. The molecular formula is C16H19F3N2O. The molecule has 1 amide bonds. The van der Waals surface area contributed by atoms with Gasteiger partial charge in [-0.3, -0.25) is 4.79 Å². The van der Waals surface area contributed by atoms with E-state index in [1.54, 1.807) is 0 Å². The van der Waals surface area contributed by atoms with Crippen molar-refractivity contribution in [3.05, 3.63) is 41.2 Å². The topological polar surface area (TPSA) is 41.1 Å². The highest BCUT2D eigenvalue weighted by molar-refractivity contribution is 5.80. The summed E-state index contributed by atoms with van der Waals surface area (Å²) in [7, 11) is 0. The van der Waals surface area contributed by atoms with Gasteiger partial charge in [-0.2, -0.15) is 0 Å². The molecule has 2 N–H and O–H groups in total. The first kappa shape index (κ1) is 16.4. The first-order valence-electron chi connectivity index (χ1n) is 7.40. The number of anilines is 1. The summed E-state index contributed by atoms with van der Waals surface area (Å²) in [5.41, 5.74) is 1.12. The van der Waals surface area contributed by atoms with Crippen molar-refractivity contribution < 1.29 is 18.0 Å². The van der Waals surface area contributed by atoms with Gasteiger partial charge in [0.2, 0.25) is 5.91 Å². The average Bonchev–Trinajstić information content (AvgIpc) is 2.53. The molecule has 0 radical (unpaired) electrons. The predicted octanol–water partition coefficient (Wildman–Crippen LogP) is 3.52. The van der Waals surface area contributed by atoms with E-state index in [1.165, 1.54) is 18.4 Å². The molecule has 0 saturated heterocycles. The molecule has 0 saturated carbocycles. The summed E-state index contributed by atoms with van der Waals surface area (Å²) in [6.07, 6.45) is 7.61. The fraction of sp³-hybridized carbons (Fsp3) is 0.438. The third kappa shape index (κ3) is 4.51. The summed E-state index contributed by atoms with van der Waals surface area (Å²) in [6, 6.07) is 1.88. The molecule has 1 aromatic carbocycles. The molecule has 0 spiro atoms. The van der Waals surface area contributed by atoms with E-state index < -0.39 is 17.5 Å². The van der Waals surface area contributed by atoms with Crippen molar-refractivity contribution in [3.63, 3.8) is 0 Å². The van der Waals surface area contributed by atoms with Crippen LogP contribution in [0.15, 0.2) is 23.8 Å².